The van der Waals surface area contributed by atoms with Crippen molar-refractivity contribution in [3.63, 3.8) is 0 Å². The zero-order valence-corrected chi connectivity index (χ0v) is 8.74. The topological polar surface area (TPSA) is 35.5 Å². The number of ether oxygens (including phenoxy) is 2. The van der Waals surface area contributed by atoms with E-state index in [0.717, 1.165) is 5.56 Å². The predicted octanol–water partition coefficient (Wildman–Crippen LogP) is 2.61. The van der Waals surface area contributed by atoms with Crippen LogP contribution < -0.4 is 4.74 Å². The molecule has 0 bridgehead atoms. The Labute approximate surface area is 88.3 Å². The monoisotopic (exact) mass is 204 g/mol. The number of fused-ring (bicyclic) bond motifs is 1. The van der Waals surface area contributed by atoms with Gasteiger partial charge in [0.25, 0.3) is 0 Å². The molecule has 78 valence electrons. The Bertz CT molecular complexity index is 432. The molecule has 1 heterocycles. The van der Waals surface area contributed by atoms with Crippen LogP contribution in [0, 0.1) is 0 Å². The standard InChI is InChI=1S/C12H12O3/c1-4-8-5-6-10-9(7-8)11(13)15-12(2,3)14-10/h4-7H,1H2,2-3H3. The smallest absolute Gasteiger partial charge is 0.345 e. The molecule has 0 aliphatic carbocycles. The van der Waals surface area contributed by atoms with Gasteiger partial charge in [-0.3, -0.25) is 0 Å². The quantitative estimate of drug-likeness (QED) is 0.659. The number of hydrogen-bond donors (Lipinski definition) is 0. The number of carbonyl (C=O) groups is 1. The van der Waals surface area contributed by atoms with Gasteiger partial charge in [0.1, 0.15) is 11.3 Å². The van der Waals surface area contributed by atoms with E-state index >= 15 is 0 Å². The first kappa shape index (κ1) is 9.77. The van der Waals surface area contributed by atoms with E-state index in [2.05, 4.69) is 6.58 Å². The normalized spacial score (nSPS) is 17.3. The van der Waals surface area contributed by atoms with Crippen LogP contribution in [-0.2, 0) is 4.74 Å². The highest BCUT2D eigenvalue weighted by Gasteiger charge is 2.33. The molecule has 1 aromatic carbocycles. The molecular weight excluding hydrogens is 192 g/mol. The lowest BCUT2D eigenvalue weighted by Crippen LogP contribution is -2.38. The SMILES string of the molecule is C=Cc1ccc2c(c1)C(=O)OC(C)(C)O2. The minimum Gasteiger partial charge on any atom is -0.452 e. The molecule has 0 saturated carbocycles. The number of hydrogen-bond acceptors (Lipinski definition) is 3. The van der Waals surface area contributed by atoms with E-state index in [1.165, 1.54) is 0 Å². The molecule has 0 saturated heterocycles. The maximum absolute atomic E-state index is 11.6. The molecular formula is C12H12O3. The summed E-state index contributed by atoms with van der Waals surface area (Å²) >= 11 is 0. The van der Waals surface area contributed by atoms with E-state index < -0.39 is 5.79 Å². The summed E-state index contributed by atoms with van der Waals surface area (Å²) in [7, 11) is 0. The summed E-state index contributed by atoms with van der Waals surface area (Å²) in [5.41, 5.74) is 1.32. The van der Waals surface area contributed by atoms with E-state index in [4.69, 9.17) is 9.47 Å². The number of esters is 1. The van der Waals surface area contributed by atoms with Crippen molar-refractivity contribution >= 4 is 12.0 Å². The highest BCUT2D eigenvalue weighted by molar-refractivity contribution is 5.94. The lowest BCUT2D eigenvalue weighted by molar-refractivity contribution is -0.127. The number of cyclic esters (lactones) is 1. The predicted molar refractivity (Wildman–Crippen MR) is 56.7 cm³/mol. The first-order valence-corrected chi connectivity index (χ1v) is 4.71. The summed E-state index contributed by atoms with van der Waals surface area (Å²) in [6.45, 7) is 7.05. The molecule has 0 atom stereocenters. The third kappa shape index (κ3) is 1.73. The van der Waals surface area contributed by atoms with Gasteiger partial charge in [0.2, 0.25) is 5.79 Å². The molecule has 1 aliphatic rings. The van der Waals surface area contributed by atoms with Crippen molar-refractivity contribution in [1.29, 1.82) is 0 Å². The lowest BCUT2D eigenvalue weighted by atomic mass is 10.1. The summed E-state index contributed by atoms with van der Waals surface area (Å²) < 4.78 is 10.6. The van der Waals surface area contributed by atoms with Crippen LogP contribution in [0.15, 0.2) is 24.8 Å². The highest BCUT2D eigenvalue weighted by atomic mass is 16.7. The molecule has 3 heteroatoms. The molecule has 15 heavy (non-hydrogen) atoms. The average Bonchev–Trinajstić information content (AvgIpc) is 2.15. The molecule has 1 aromatic rings. The van der Waals surface area contributed by atoms with E-state index in [-0.39, 0.29) is 5.97 Å². The fourth-order valence-corrected chi connectivity index (χ4v) is 1.49. The van der Waals surface area contributed by atoms with E-state index in [0.29, 0.717) is 11.3 Å². The van der Waals surface area contributed by atoms with Crippen LogP contribution >= 0.6 is 0 Å². The molecule has 0 N–H and O–H groups in total. The van der Waals surface area contributed by atoms with Crippen molar-refractivity contribution in [3.8, 4) is 5.75 Å². The molecule has 0 unspecified atom stereocenters. The third-order valence-corrected chi connectivity index (χ3v) is 2.15. The Balaban J connectivity index is 2.50. The first-order valence-electron chi connectivity index (χ1n) is 4.71. The van der Waals surface area contributed by atoms with E-state index in [1.807, 2.05) is 6.07 Å². The van der Waals surface area contributed by atoms with Crippen LogP contribution in [0.2, 0.25) is 0 Å². The summed E-state index contributed by atoms with van der Waals surface area (Å²) in [4.78, 5) is 11.6. The second-order valence-corrected chi connectivity index (χ2v) is 3.85. The Hall–Kier alpha value is -1.77. The van der Waals surface area contributed by atoms with Gasteiger partial charge in [-0.2, -0.15) is 0 Å². The molecule has 1 aliphatic heterocycles. The van der Waals surface area contributed by atoms with Gasteiger partial charge in [0.05, 0.1) is 0 Å². The molecule has 2 rings (SSSR count). The van der Waals surface area contributed by atoms with Crippen LogP contribution in [-0.4, -0.2) is 11.8 Å². The molecule has 0 radical (unpaired) electrons. The third-order valence-electron chi connectivity index (χ3n) is 2.15. The van der Waals surface area contributed by atoms with Gasteiger partial charge in [0, 0.05) is 13.8 Å². The highest BCUT2D eigenvalue weighted by Crippen LogP contribution is 2.31. The van der Waals surface area contributed by atoms with Gasteiger partial charge in [-0.15, -0.1) is 0 Å². The van der Waals surface area contributed by atoms with Crippen molar-refractivity contribution < 1.29 is 14.3 Å². The summed E-state index contributed by atoms with van der Waals surface area (Å²) in [6.07, 6.45) is 1.67. The van der Waals surface area contributed by atoms with Gasteiger partial charge < -0.3 is 9.47 Å². The number of rotatable bonds is 1. The van der Waals surface area contributed by atoms with Crippen LogP contribution in [0.5, 0.6) is 5.75 Å². The lowest BCUT2D eigenvalue weighted by Gasteiger charge is -2.31. The van der Waals surface area contributed by atoms with Crippen LogP contribution in [0.3, 0.4) is 0 Å². The van der Waals surface area contributed by atoms with Crippen molar-refractivity contribution in [1.82, 2.24) is 0 Å². The molecule has 3 nitrogen and oxygen atoms in total. The van der Waals surface area contributed by atoms with Crippen LogP contribution in [0.4, 0.5) is 0 Å². The van der Waals surface area contributed by atoms with Gasteiger partial charge in [-0.25, -0.2) is 4.79 Å². The van der Waals surface area contributed by atoms with Gasteiger partial charge >= 0.3 is 5.97 Å². The maximum Gasteiger partial charge on any atom is 0.345 e. The largest absolute Gasteiger partial charge is 0.452 e. The first-order chi connectivity index (χ1) is 7.02. The molecule has 0 spiro atoms. The Morgan fingerprint density at radius 3 is 2.73 bits per heavy atom. The number of benzene rings is 1. The van der Waals surface area contributed by atoms with E-state index in [1.54, 1.807) is 32.1 Å². The summed E-state index contributed by atoms with van der Waals surface area (Å²) in [5, 5.41) is 0. The van der Waals surface area contributed by atoms with Gasteiger partial charge in [-0.05, 0) is 17.7 Å². The van der Waals surface area contributed by atoms with Crippen molar-refractivity contribution in [3.05, 3.63) is 35.9 Å². The summed E-state index contributed by atoms with van der Waals surface area (Å²) in [6, 6.07) is 5.31. The average molecular weight is 204 g/mol. The second-order valence-electron chi connectivity index (χ2n) is 3.85. The molecule has 0 aromatic heterocycles. The minimum atomic E-state index is -0.889. The minimum absolute atomic E-state index is 0.357. The Morgan fingerprint density at radius 2 is 2.07 bits per heavy atom. The van der Waals surface area contributed by atoms with Crippen LogP contribution in [0.25, 0.3) is 6.08 Å². The zero-order valence-electron chi connectivity index (χ0n) is 8.74. The molecule has 0 fully saturated rings. The van der Waals surface area contributed by atoms with Gasteiger partial charge in [-0.1, -0.05) is 18.7 Å². The fourth-order valence-electron chi connectivity index (χ4n) is 1.49. The van der Waals surface area contributed by atoms with Gasteiger partial charge in [0.15, 0.2) is 0 Å². The summed E-state index contributed by atoms with van der Waals surface area (Å²) in [5.74, 6) is -0.688. The molecule has 0 amide bonds. The Kier molecular flexibility index (Phi) is 2.03. The number of carbonyl (C=O) groups excluding carboxylic acids is 1. The zero-order chi connectivity index (χ0) is 11.1. The van der Waals surface area contributed by atoms with Crippen molar-refractivity contribution in [2.75, 3.05) is 0 Å². The fraction of sp³-hybridized carbons (Fsp3) is 0.250. The Morgan fingerprint density at radius 1 is 1.33 bits per heavy atom. The van der Waals surface area contributed by atoms with Crippen molar-refractivity contribution in [2.45, 2.75) is 19.6 Å². The second kappa shape index (κ2) is 3.12. The maximum atomic E-state index is 11.6. The van der Waals surface area contributed by atoms with Crippen molar-refractivity contribution in [2.24, 2.45) is 0 Å². The van der Waals surface area contributed by atoms with Crippen LogP contribution in [0.1, 0.15) is 29.8 Å². The van der Waals surface area contributed by atoms with E-state index in [9.17, 15) is 4.79 Å².